The van der Waals surface area contributed by atoms with E-state index in [-0.39, 0.29) is 41.4 Å². The Morgan fingerprint density at radius 3 is 2.86 bits per heavy atom. The van der Waals surface area contributed by atoms with Gasteiger partial charge in [-0.15, -0.1) is 5.10 Å². The standard InChI is InChI=1S/C14H13N7O6S/c1-20-14(24)21-6-15-11(12(21)17-19-20)13(23)16-9-3-2-4-10(18-28(25)26)8(9)5-27-7-22/h2-4,6-7,18H,5H2,1H3,(H,16,23)(H,25,26). The number of hydrogen-bond acceptors (Lipinski definition) is 8. The normalized spacial score (nSPS) is 11.8. The van der Waals surface area contributed by atoms with Crippen LogP contribution in [0.3, 0.4) is 0 Å². The van der Waals surface area contributed by atoms with Crippen molar-refractivity contribution >= 4 is 40.7 Å². The van der Waals surface area contributed by atoms with Crippen molar-refractivity contribution in [3.05, 3.63) is 46.3 Å². The number of aryl methyl sites for hydroxylation is 1. The number of imidazole rings is 1. The van der Waals surface area contributed by atoms with Crippen LogP contribution in [0.15, 0.2) is 29.3 Å². The zero-order valence-corrected chi connectivity index (χ0v) is 15.0. The van der Waals surface area contributed by atoms with Gasteiger partial charge in [-0.05, 0) is 12.1 Å². The molecule has 0 aliphatic heterocycles. The number of nitrogens with zero attached hydrogens (tertiary/aromatic N) is 5. The Labute approximate surface area is 158 Å². The van der Waals surface area contributed by atoms with E-state index in [0.29, 0.717) is 0 Å². The molecule has 1 aromatic carbocycles. The molecule has 0 saturated heterocycles. The number of benzene rings is 1. The molecule has 0 saturated carbocycles. The quantitative estimate of drug-likeness (QED) is 0.338. The van der Waals surface area contributed by atoms with Gasteiger partial charge in [-0.25, -0.2) is 18.4 Å². The van der Waals surface area contributed by atoms with Gasteiger partial charge in [0.15, 0.2) is 11.3 Å². The minimum absolute atomic E-state index is 0.0444. The topological polar surface area (TPSA) is 170 Å². The third-order valence-corrected chi connectivity index (χ3v) is 4.03. The second-order valence-electron chi connectivity index (χ2n) is 5.33. The van der Waals surface area contributed by atoms with E-state index in [1.165, 1.54) is 25.2 Å². The van der Waals surface area contributed by atoms with Crippen LogP contribution in [0.1, 0.15) is 16.1 Å². The molecule has 0 aliphatic carbocycles. The Kier molecular flexibility index (Phi) is 5.42. The van der Waals surface area contributed by atoms with E-state index < -0.39 is 22.9 Å². The Bertz CT molecular complexity index is 1140. The van der Waals surface area contributed by atoms with E-state index in [0.717, 1.165) is 15.4 Å². The molecule has 0 spiro atoms. The molecule has 2 heterocycles. The third-order valence-electron chi connectivity index (χ3n) is 3.63. The number of ether oxygens (including phenoxy) is 1. The molecular weight excluding hydrogens is 394 g/mol. The highest BCUT2D eigenvalue weighted by Gasteiger charge is 2.19. The molecule has 3 N–H and O–H groups in total. The maximum absolute atomic E-state index is 12.6. The summed E-state index contributed by atoms with van der Waals surface area (Å²) in [7, 11) is 1.40. The number of hydrogen-bond donors (Lipinski definition) is 3. The van der Waals surface area contributed by atoms with Crippen molar-refractivity contribution in [3.8, 4) is 0 Å². The van der Waals surface area contributed by atoms with Crippen molar-refractivity contribution in [2.45, 2.75) is 6.61 Å². The summed E-state index contributed by atoms with van der Waals surface area (Å²) < 4.78 is 29.1. The minimum Gasteiger partial charge on any atom is -0.463 e. The van der Waals surface area contributed by atoms with Gasteiger partial charge in [0.25, 0.3) is 23.6 Å². The first-order valence-electron chi connectivity index (χ1n) is 7.55. The Morgan fingerprint density at radius 2 is 2.14 bits per heavy atom. The van der Waals surface area contributed by atoms with Crippen molar-refractivity contribution in [1.82, 2.24) is 24.4 Å². The van der Waals surface area contributed by atoms with Crippen LogP contribution in [0.25, 0.3) is 5.65 Å². The van der Waals surface area contributed by atoms with Gasteiger partial charge in [-0.1, -0.05) is 11.3 Å². The van der Waals surface area contributed by atoms with Gasteiger partial charge in [0, 0.05) is 18.3 Å². The summed E-state index contributed by atoms with van der Waals surface area (Å²) in [4.78, 5) is 39.1. The van der Waals surface area contributed by atoms with E-state index in [1.807, 2.05) is 0 Å². The number of nitrogens with one attached hydrogen (secondary N) is 2. The molecule has 0 radical (unpaired) electrons. The maximum atomic E-state index is 12.6. The lowest BCUT2D eigenvalue weighted by Crippen LogP contribution is -2.27. The first-order valence-corrected chi connectivity index (χ1v) is 8.66. The molecule has 3 rings (SSSR count). The van der Waals surface area contributed by atoms with Crippen molar-refractivity contribution in [3.63, 3.8) is 0 Å². The lowest BCUT2D eigenvalue weighted by atomic mass is 10.1. The summed E-state index contributed by atoms with van der Waals surface area (Å²) in [5.41, 5.74) is -0.123. The molecule has 1 amide bonds. The van der Waals surface area contributed by atoms with Gasteiger partial charge < -0.3 is 10.1 Å². The van der Waals surface area contributed by atoms with E-state index in [2.05, 4.69) is 25.3 Å². The number of rotatable bonds is 7. The highest BCUT2D eigenvalue weighted by molar-refractivity contribution is 7.80. The molecular formula is C14H13N7O6S. The Balaban J connectivity index is 1.98. The van der Waals surface area contributed by atoms with Crippen LogP contribution in [0, 0.1) is 0 Å². The minimum atomic E-state index is -2.38. The fourth-order valence-electron chi connectivity index (χ4n) is 2.39. The number of amides is 1. The lowest BCUT2D eigenvalue weighted by Gasteiger charge is -2.14. The van der Waals surface area contributed by atoms with Gasteiger partial charge >= 0.3 is 5.69 Å². The molecule has 0 fully saturated rings. The largest absolute Gasteiger partial charge is 0.463 e. The van der Waals surface area contributed by atoms with Gasteiger partial charge in [-0.2, -0.15) is 4.68 Å². The smallest absolute Gasteiger partial charge is 0.352 e. The summed E-state index contributed by atoms with van der Waals surface area (Å²) in [5.74, 6) is -0.709. The number of carbonyl (C=O) groups is 2. The lowest BCUT2D eigenvalue weighted by molar-refractivity contribution is -0.129. The highest BCUT2D eigenvalue weighted by Crippen LogP contribution is 2.26. The van der Waals surface area contributed by atoms with Crippen molar-refractivity contribution < 1.29 is 23.1 Å². The Morgan fingerprint density at radius 1 is 1.39 bits per heavy atom. The molecule has 1 unspecified atom stereocenters. The SMILES string of the molecule is Cn1nnc2c(C(=O)Nc3cccc(NS(=O)O)c3COC=O)ncn2c1=O. The maximum Gasteiger partial charge on any atom is 0.352 e. The number of aromatic nitrogens is 5. The average molecular weight is 407 g/mol. The zero-order valence-electron chi connectivity index (χ0n) is 14.2. The number of carbonyl (C=O) groups excluding carboxylic acids is 2. The van der Waals surface area contributed by atoms with E-state index in [1.54, 1.807) is 0 Å². The molecule has 13 nitrogen and oxygen atoms in total. The zero-order chi connectivity index (χ0) is 20.3. The van der Waals surface area contributed by atoms with Gasteiger partial charge in [0.2, 0.25) is 0 Å². The molecule has 3 aromatic rings. The summed E-state index contributed by atoms with van der Waals surface area (Å²) in [6.07, 6.45) is 1.14. The fraction of sp³-hybridized carbons (Fsp3) is 0.143. The van der Waals surface area contributed by atoms with Crippen LogP contribution < -0.4 is 15.7 Å². The van der Waals surface area contributed by atoms with Crippen LogP contribution in [0.4, 0.5) is 11.4 Å². The fourth-order valence-corrected chi connectivity index (χ4v) is 2.77. The van der Waals surface area contributed by atoms with E-state index in [4.69, 9.17) is 9.29 Å². The third kappa shape index (κ3) is 3.72. The second-order valence-corrected chi connectivity index (χ2v) is 6.03. The molecule has 28 heavy (non-hydrogen) atoms. The molecule has 2 aromatic heterocycles. The van der Waals surface area contributed by atoms with Crippen LogP contribution in [-0.4, -0.2) is 45.5 Å². The number of anilines is 2. The van der Waals surface area contributed by atoms with E-state index in [9.17, 15) is 18.6 Å². The molecule has 0 bridgehead atoms. The van der Waals surface area contributed by atoms with E-state index >= 15 is 0 Å². The summed E-state index contributed by atoms with van der Waals surface area (Å²) in [6.45, 7) is -0.0731. The van der Waals surface area contributed by atoms with Gasteiger partial charge in [-0.3, -0.25) is 18.9 Å². The summed E-state index contributed by atoms with van der Waals surface area (Å²) in [6, 6.07) is 4.47. The first-order chi connectivity index (χ1) is 13.4. The van der Waals surface area contributed by atoms with Crippen LogP contribution in [0.2, 0.25) is 0 Å². The highest BCUT2D eigenvalue weighted by atomic mass is 32.2. The molecule has 1 atom stereocenters. The van der Waals surface area contributed by atoms with Gasteiger partial charge in [0.05, 0.1) is 5.69 Å². The summed E-state index contributed by atoms with van der Waals surface area (Å²) >= 11 is -2.38. The second kappa shape index (κ2) is 7.93. The predicted molar refractivity (Wildman–Crippen MR) is 95.7 cm³/mol. The predicted octanol–water partition coefficient (Wildman–Crippen LogP) is -0.703. The molecule has 14 heteroatoms. The van der Waals surface area contributed by atoms with Crippen LogP contribution in [-0.2, 0) is 34.5 Å². The van der Waals surface area contributed by atoms with Gasteiger partial charge in [0.1, 0.15) is 12.9 Å². The molecule has 146 valence electrons. The number of fused-ring (bicyclic) bond motifs is 1. The van der Waals surface area contributed by atoms with Crippen LogP contribution in [0.5, 0.6) is 0 Å². The van der Waals surface area contributed by atoms with Crippen molar-refractivity contribution in [2.24, 2.45) is 7.05 Å². The van der Waals surface area contributed by atoms with Crippen LogP contribution >= 0.6 is 0 Å². The summed E-state index contributed by atoms with van der Waals surface area (Å²) in [5, 5.41) is 9.96. The first kappa shape index (κ1) is 19.1. The average Bonchev–Trinajstić information content (AvgIpc) is 3.08. The Hall–Kier alpha value is -3.65. The van der Waals surface area contributed by atoms with Crippen molar-refractivity contribution in [2.75, 3.05) is 10.0 Å². The molecule has 0 aliphatic rings. The monoisotopic (exact) mass is 407 g/mol. The van der Waals surface area contributed by atoms with Crippen molar-refractivity contribution in [1.29, 1.82) is 0 Å².